The van der Waals surface area contributed by atoms with Crippen molar-refractivity contribution in [3.63, 3.8) is 0 Å². The first-order valence-corrected chi connectivity index (χ1v) is 4.45. The summed E-state index contributed by atoms with van der Waals surface area (Å²) < 4.78 is 17.8. The topological polar surface area (TPSA) is 26.3 Å². The summed E-state index contributed by atoms with van der Waals surface area (Å²) in [6.07, 6.45) is 0.144. The third-order valence-corrected chi connectivity index (χ3v) is 1.90. The van der Waals surface area contributed by atoms with Crippen molar-refractivity contribution in [2.45, 2.75) is 13.3 Å². The number of carbonyl (C=O) groups is 1. The van der Waals surface area contributed by atoms with Crippen molar-refractivity contribution in [2.75, 3.05) is 7.11 Å². The summed E-state index contributed by atoms with van der Waals surface area (Å²) in [6.45, 7) is 1.67. The highest BCUT2D eigenvalue weighted by Gasteiger charge is 2.08. The summed E-state index contributed by atoms with van der Waals surface area (Å²) in [5, 5.41) is 0. The third kappa shape index (κ3) is 2.81. The van der Waals surface area contributed by atoms with E-state index in [9.17, 15) is 9.18 Å². The maximum atomic E-state index is 13.0. The number of rotatable bonds is 3. The van der Waals surface area contributed by atoms with E-state index in [1.807, 2.05) is 0 Å². The molecule has 0 saturated carbocycles. The Morgan fingerprint density at radius 1 is 1.53 bits per heavy atom. The van der Waals surface area contributed by atoms with Crippen molar-refractivity contribution < 1.29 is 13.9 Å². The van der Waals surface area contributed by atoms with Crippen LogP contribution in [-0.2, 0) is 0 Å². The molecule has 1 aromatic rings. The molecular formula is C12H11FO2. The first-order valence-electron chi connectivity index (χ1n) is 4.45. The minimum absolute atomic E-state index is 0.0744. The van der Waals surface area contributed by atoms with E-state index in [0.29, 0.717) is 5.56 Å². The second-order valence-corrected chi connectivity index (χ2v) is 2.88. The molecule has 1 rings (SSSR count). The van der Waals surface area contributed by atoms with Gasteiger partial charge in [0.25, 0.3) is 0 Å². The largest absolute Gasteiger partial charge is 0.494 e. The van der Waals surface area contributed by atoms with Gasteiger partial charge >= 0.3 is 0 Å². The first kappa shape index (κ1) is 11.3. The minimum atomic E-state index is -0.476. The molecule has 1 aromatic carbocycles. The van der Waals surface area contributed by atoms with Gasteiger partial charge in [-0.25, -0.2) is 4.39 Å². The Hall–Kier alpha value is -1.82. The molecule has 0 saturated heterocycles. The Morgan fingerprint density at radius 3 is 2.87 bits per heavy atom. The van der Waals surface area contributed by atoms with E-state index in [1.165, 1.54) is 25.3 Å². The molecule has 0 unspecified atom stereocenters. The van der Waals surface area contributed by atoms with Crippen LogP contribution in [0.15, 0.2) is 18.2 Å². The van der Waals surface area contributed by atoms with Crippen LogP contribution in [0.1, 0.15) is 23.7 Å². The van der Waals surface area contributed by atoms with Crippen molar-refractivity contribution in [1.29, 1.82) is 0 Å². The van der Waals surface area contributed by atoms with Gasteiger partial charge in [0.05, 0.1) is 13.5 Å². The van der Waals surface area contributed by atoms with Gasteiger partial charge in [-0.2, -0.15) is 0 Å². The fourth-order valence-corrected chi connectivity index (χ4v) is 1.10. The van der Waals surface area contributed by atoms with E-state index >= 15 is 0 Å². The van der Waals surface area contributed by atoms with Gasteiger partial charge in [-0.05, 0) is 25.1 Å². The second kappa shape index (κ2) is 5.16. The molecule has 0 aliphatic heterocycles. The third-order valence-electron chi connectivity index (χ3n) is 1.90. The van der Waals surface area contributed by atoms with Crippen molar-refractivity contribution >= 4 is 5.78 Å². The molecule has 0 aliphatic rings. The Morgan fingerprint density at radius 2 is 2.27 bits per heavy atom. The normalized spacial score (nSPS) is 9.00. The standard InChI is InChI=1S/C12H11FO2/c1-3-4-5-11(14)9-6-7-10(13)12(8-9)15-2/h6-8H,5H2,1-2H3. The first-order chi connectivity index (χ1) is 7.19. The van der Waals surface area contributed by atoms with Gasteiger partial charge in [0.2, 0.25) is 0 Å². The molecule has 0 spiro atoms. The zero-order chi connectivity index (χ0) is 11.3. The molecule has 0 aromatic heterocycles. The van der Waals surface area contributed by atoms with E-state index in [-0.39, 0.29) is 18.0 Å². The number of ketones is 1. The highest BCUT2D eigenvalue weighted by atomic mass is 19.1. The summed E-state index contributed by atoms with van der Waals surface area (Å²) in [5.74, 6) is 4.76. The minimum Gasteiger partial charge on any atom is -0.494 e. The van der Waals surface area contributed by atoms with Crippen LogP contribution in [0, 0.1) is 17.7 Å². The fourth-order valence-electron chi connectivity index (χ4n) is 1.10. The Kier molecular flexibility index (Phi) is 3.87. The number of halogens is 1. The maximum absolute atomic E-state index is 13.0. The van der Waals surface area contributed by atoms with Crippen LogP contribution in [0.5, 0.6) is 5.75 Å². The second-order valence-electron chi connectivity index (χ2n) is 2.88. The monoisotopic (exact) mass is 206 g/mol. The van der Waals surface area contributed by atoms with E-state index < -0.39 is 5.82 Å². The van der Waals surface area contributed by atoms with Crippen molar-refractivity contribution in [1.82, 2.24) is 0 Å². The van der Waals surface area contributed by atoms with Crippen LogP contribution in [0.4, 0.5) is 4.39 Å². The quantitative estimate of drug-likeness (QED) is 0.560. The van der Waals surface area contributed by atoms with E-state index in [0.717, 1.165) is 0 Å². The summed E-state index contributed by atoms with van der Waals surface area (Å²) in [4.78, 5) is 11.5. The van der Waals surface area contributed by atoms with Crippen molar-refractivity contribution in [3.8, 4) is 17.6 Å². The summed E-state index contributed by atoms with van der Waals surface area (Å²) in [5.41, 5.74) is 0.413. The van der Waals surface area contributed by atoms with E-state index in [4.69, 9.17) is 4.74 Å². The van der Waals surface area contributed by atoms with Crippen LogP contribution >= 0.6 is 0 Å². The van der Waals surface area contributed by atoms with Crippen LogP contribution < -0.4 is 4.74 Å². The predicted molar refractivity (Wildman–Crippen MR) is 55.3 cm³/mol. The summed E-state index contributed by atoms with van der Waals surface area (Å²) >= 11 is 0. The molecule has 2 nitrogen and oxygen atoms in total. The van der Waals surface area contributed by atoms with E-state index in [1.54, 1.807) is 6.92 Å². The molecule has 0 atom stereocenters. The zero-order valence-electron chi connectivity index (χ0n) is 8.63. The van der Waals surface area contributed by atoms with Crippen LogP contribution in [0.2, 0.25) is 0 Å². The van der Waals surface area contributed by atoms with Gasteiger partial charge < -0.3 is 4.74 Å². The van der Waals surface area contributed by atoms with Gasteiger partial charge in [-0.3, -0.25) is 4.79 Å². The molecule has 15 heavy (non-hydrogen) atoms. The number of carbonyl (C=O) groups excluding carboxylic acids is 1. The summed E-state index contributed by atoms with van der Waals surface area (Å²) in [6, 6.07) is 4.03. The van der Waals surface area contributed by atoms with E-state index in [2.05, 4.69) is 11.8 Å². The van der Waals surface area contributed by atoms with Crippen molar-refractivity contribution in [2.24, 2.45) is 0 Å². The molecule has 0 bridgehead atoms. The summed E-state index contributed by atoms with van der Waals surface area (Å²) in [7, 11) is 1.36. The lowest BCUT2D eigenvalue weighted by Crippen LogP contribution is -1.99. The molecule has 0 aliphatic carbocycles. The molecule has 0 radical (unpaired) electrons. The van der Waals surface area contributed by atoms with Crippen LogP contribution in [-0.4, -0.2) is 12.9 Å². The Bertz CT molecular complexity index is 427. The number of benzene rings is 1. The average Bonchev–Trinajstić information content (AvgIpc) is 2.26. The lowest BCUT2D eigenvalue weighted by Gasteiger charge is -2.03. The van der Waals surface area contributed by atoms with Gasteiger partial charge in [-0.1, -0.05) is 5.92 Å². The molecule has 0 amide bonds. The molecule has 0 fully saturated rings. The smallest absolute Gasteiger partial charge is 0.174 e. The number of Topliss-reactive ketones (excluding diaryl/α,β-unsaturated/α-hetero) is 1. The average molecular weight is 206 g/mol. The number of hydrogen-bond acceptors (Lipinski definition) is 2. The highest BCUT2D eigenvalue weighted by molar-refractivity contribution is 5.97. The van der Waals surface area contributed by atoms with Crippen LogP contribution in [0.3, 0.4) is 0 Å². The zero-order valence-corrected chi connectivity index (χ0v) is 8.63. The number of ether oxygens (including phenoxy) is 1. The van der Waals surface area contributed by atoms with Gasteiger partial charge in [0.15, 0.2) is 17.3 Å². The Balaban J connectivity index is 2.93. The molecule has 3 heteroatoms. The lowest BCUT2D eigenvalue weighted by molar-refractivity contribution is 0.0997. The van der Waals surface area contributed by atoms with Gasteiger partial charge in [0.1, 0.15) is 0 Å². The fraction of sp³-hybridized carbons (Fsp3) is 0.250. The molecule has 0 N–H and O–H groups in total. The predicted octanol–water partition coefficient (Wildman–Crippen LogP) is 2.43. The highest BCUT2D eigenvalue weighted by Crippen LogP contribution is 2.18. The van der Waals surface area contributed by atoms with Gasteiger partial charge in [-0.15, -0.1) is 5.92 Å². The maximum Gasteiger partial charge on any atom is 0.174 e. The number of methoxy groups -OCH3 is 1. The van der Waals surface area contributed by atoms with Crippen molar-refractivity contribution in [3.05, 3.63) is 29.6 Å². The molecule has 78 valence electrons. The Labute approximate surface area is 88.1 Å². The number of hydrogen-bond donors (Lipinski definition) is 0. The SMILES string of the molecule is CC#CCC(=O)c1ccc(F)c(OC)c1. The molecular weight excluding hydrogens is 195 g/mol. The van der Waals surface area contributed by atoms with Crippen LogP contribution in [0.25, 0.3) is 0 Å². The van der Waals surface area contributed by atoms with Gasteiger partial charge in [0, 0.05) is 5.56 Å². The molecule has 0 heterocycles. The lowest BCUT2D eigenvalue weighted by atomic mass is 10.1.